The first kappa shape index (κ1) is 15.8. The maximum Gasteiger partial charge on any atom is 0.328 e. The zero-order valence-corrected chi connectivity index (χ0v) is 11.3. The summed E-state index contributed by atoms with van der Waals surface area (Å²) in [5, 5.41) is 19.8. The zero-order chi connectivity index (χ0) is 15.1. The number of amides is 1. The van der Waals surface area contributed by atoms with Crippen molar-refractivity contribution in [3.8, 4) is 11.5 Å². The molecule has 7 nitrogen and oxygen atoms in total. The van der Waals surface area contributed by atoms with Crippen LogP contribution < -0.4 is 14.8 Å². The number of methoxy groups -OCH3 is 2. The van der Waals surface area contributed by atoms with Crippen molar-refractivity contribution in [3.63, 3.8) is 0 Å². The number of nitrogens with one attached hydrogen (secondary N) is 1. The predicted octanol–water partition coefficient (Wildman–Crippen LogP) is -0.192. The average molecular weight is 283 g/mol. The van der Waals surface area contributed by atoms with Crippen LogP contribution in [0.25, 0.3) is 0 Å². The minimum atomic E-state index is -1.31. The van der Waals surface area contributed by atoms with E-state index >= 15 is 0 Å². The van der Waals surface area contributed by atoms with Gasteiger partial charge in [-0.1, -0.05) is 6.07 Å². The Morgan fingerprint density at radius 3 is 2.50 bits per heavy atom. The van der Waals surface area contributed by atoms with Gasteiger partial charge in [-0.25, -0.2) is 4.79 Å². The van der Waals surface area contributed by atoms with E-state index in [2.05, 4.69) is 5.32 Å². The van der Waals surface area contributed by atoms with Crippen LogP contribution >= 0.6 is 0 Å². The first-order valence-electron chi connectivity index (χ1n) is 5.85. The third-order valence-corrected chi connectivity index (χ3v) is 2.66. The Morgan fingerprint density at radius 2 is 2.00 bits per heavy atom. The number of carbonyl (C=O) groups is 2. The molecule has 0 bridgehead atoms. The summed E-state index contributed by atoms with van der Waals surface area (Å²) in [4.78, 5) is 22.4. The van der Waals surface area contributed by atoms with Gasteiger partial charge >= 0.3 is 5.97 Å². The Kier molecular flexibility index (Phi) is 5.79. The van der Waals surface area contributed by atoms with Gasteiger partial charge in [0.1, 0.15) is 17.5 Å². The molecule has 1 aromatic rings. The van der Waals surface area contributed by atoms with Crippen LogP contribution in [0.2, 0.25) is 0 Å². The maximum atomic E-state index is 11.7. The number of benzene rings is 1. The van der Waals surface area contributed by atoms with Crippen LogP contribution in [0.4, 0.5) is 0 Å². The molecule has 0 heterocycles. The average Bonchev–Trinajstić information content (AvgIpc) is 2.44. The van der Waals surface area contributed by atoms with E-state index < -0.39 is 24.5 Å². The molecular weight excluding hydrogens is 266 g/mol. The van der Waals surface area contributed by atoms with Crippen LogP contribution in [0.15, 0.2) is 18.2 Å². The topological polar surface area (TPSA) is 105 Å². The number of carbonyl (C=O) groups excluding carboxylic acids is 1. The fourth-order valence-corrected chi connectivity index (χ4v) is 1.60. The molecule has 1 unspecified atom stereocenters. The largest absolute Gasteiger partial charge is 0.497 e. The van der Waals surface area contributed by atoms with Crippen molar-refractivity contribution >= 4 is 11.9 Å². The molecule has 0 saturated carbocycles. The van der Waals surface area contributed by atoms with Crippen molar-refractivity contribution in [2.75, 3.05) is 20.8 Å². The fourth-order valence-electron chi connectivity index (χ4n) is 1.60. The van der Waals surface area contributed by atoms with Crippen LogP contribution in [0, 0.1) is 0 Å². The molecular formula is C13H17NO6. The third kappa shape index (κ3) is 4.13. The van der Waals surface area contributed by atoms with E-state index in [0.29, 0.717) is 17.1 Å². The summed E-state index contributed by atoms with van der Waals surface area (Å²) >= 11 is 0. The number of hydrogen-bond acceptors (Lipinski definition) is 5. The van der Waals surface area contributed by atoms with Crippen LogP contribution in [0.5, 0.6) is 11.5 Å². The van der Waals surface area contributed by atoms with Gasteiger partial charge in [0.15, 0.2) is 0 Å². The Hall–Kier alpha value is -2.28. The first-order valence-corrected chi connectivity index (χ1v) is 5.85. The molecule has 3 N–H and O–H groups in total. The minimum Gasteiger partial charge on any atom is -0.497 e. The monoisotopic (exact) mass is 283 g/mol. The summed E-state index contributed by atoms with van der Waals surface area (Å²) in [7, 11) is 2.98. The Labute approximate surface area is 116 Å². The van der Waals surface area contributed by atoms with Crippen molar-refractivity contribution in [2.24, 2.45) is 0 Å². The molecule has 0 radical (unpaired) electrons. The smallest absolute Gasteiger partial charge is 0.328 e. The van der Waals surface area contributed by atoms with Gasteiger partial charge in [-0.2, -0.15) is 0 Å². The molecule has 0 aliphatic carbocycles. The van der Waals surface area contributed by atoms with E-state index in [0.717, 1.165) is 0 Å². The highest BCUT2D eigenvalue weighted by atomic mass is 16.5. The van der Waals surface area contributed by atoms with Gasteiger partial charge in [0.2, 0.25) is 5.91 Å². The van der Waals surface area contributed by atoms with Gasteiger partial charge in [-0.15, -0.1) is 0 Å². The Morgan fingerprint density at radius 1 is 1.30 bits per heavy atom. The van der Waals surface area contributed by atoms with Crippen LogP contribution in [-0.4, -0.2) is 49.0 Å². The van der Waals surface area contributed by atoms with Gasteiger partial charge in [-0.3, -0.25) is 4.79 Å². The van der Waals surface area contributed by atoms with Crippen molar-refractivity contribution < 1.29 is 29.3 Å². The van der Waals surface area contributed by atoms with Crippen LogP contribution in [-0.2, 0) is 16.0 Å². The molecule has 0 aromatic heterocycles. The molecule has 1 rings (SSSR count). The van der Waals surface area contributed by atoms with Gasteiger partial charge in [0.05, 0.1) is 27.2 Å². The lowest BCUT2D eigenvalue weighted by Crippen LogP contribution is -2.43. The number of aliphatic carboxylic acids is 1. The molecule has 1 aromatic carbocycles. The van der Waals surface area contributed by atoms with E-state index in [1.807, 2.05) is 0 Å². The fraction of sp³-hybridized carbons (Fsp3) is 0.385. The normalized spacial score (nSPS) is 11.6. The number of carboxylic acid groups (broad SMARTS) is 1. The summed E-state index contributed by atoms with van der Waals surface area (Å²) in [6.07, 6.45) is -0.0586. The van der Waals surface area contributed by atoms with Gasteiger partial charge in [0.25, 0.3) is 0 Å². The number of aliphatic hydroxyl groups is 1. The number of carboxylic acids is 1. The first-order chi connectivity index (χ1) is 9.51. The van der Waals surface area contributed by atoms with Crippen molar-refractivity contribution in [1.29, 1.82) is 0 Å². The molecule has 0 aliphatic rings. The summed E-state index contributed by atoms with van der Waals surface area (Å²) in [6.45, 7) is -0.666. The minimum absolute atomic E-state index is 0.0586. The van der Waals surface area contributed by atoms with Crippen molar-refractivity contribution in [1.82, 2.24) is 5.32 Å². The van der Waals surface area contributed by atoms with Gasteiger partial charge < -0.3 is 25.0 Å². The lowest BCUT2D eigenvalue weighted by atomic mass is 10.1. The molecule has 1 atom stereocenters. The number of hydrogen-bond donors (Lipinski definition) is 3. The molecule has 7 heteroatoms. The van der Waals surface area contributed by atoms with Crippen LogP contribution in [0.3, 0.4) is 0 Å². The third-order valence-electron chi connectivity index (χ3n) is 2.66. The molecule has 20 heavy (non-hydrogen) atoms. The molecule has 0 spiro atoms. The van der Waals surface area contributed by atoms with Crippen molar-refractivity contribution in [2.45, 2.75) is 12.5 Å². The van der Waals surface area contributed by atoms with E-state index in [4.69, 9.17) is 19.7 Å². The standard InChI is InChI=1S/C13H17NO6/c1-19-9-4-3-8(11(6-9)20-2)5-12(16)14-10(7-15)13(17)18/h3-4,6,10,15H,5,7H2,1-2H3,(H,14,16)(H,17,18). The molecule has 0 saturated heterocycles. The number of ether oxygens (including phenoxy) is 2. The highest BCUT2D eigenvalue weighted by molar-refractivity contribution is 5.85. The zero-order valence-electron chi connectivity index (χ0n) is 11.3. The van der Waals surface area contributed by atoms with Gasteiger partial charge in [0, 0.05) is 11.6 Å². The second-order valence-corrected chi connectivity index (χ2v) is 4.00. The second-order valence-electron chi connectivity index (χ2n) is 4.00. The Balaban J connectivity index is 2.77. The lowest BCUT2D eigenvalue weighted by molar-refractivity contribution is -0.142. The van der Waals surface area contributed by atoms with E-state index in [1.165, 1.54) is 14.2 Å². The van der Waals surface area contributed by atoms with E-state index in [9.17, 15) is 9.59 Å². The number of rotatable bonds is 7. The highest BCUT2D eigenvalue weighted by Gasteiger charge is 2.19. The summed E-state index contributed by atoms with van der Waals surface area (Å²) in [6, 6.07) is 3.65. The molecule has 1 amide bonds. The van der Waals surface area contributed by atoms with Crippen LogP contribution in [0.1, 0.15) is 5.56 Å². The highest BCUT2D eigenvalue weighted by Crippen LogP contribution is 2.24. The summed E-state index contributed by atoms with van der Waals surface area (Å²) < 4.78 is 10.2. The number of aliphatic hydroxyl groups excluding tert-OH is 1. The lowest BCUT2D eigenvalue weighted by Gasteiger charge is -2.13. The maximum absolute atomic E-state index is 11.7. The Bertz CT molecular complexity index is 488. The molecule has 110 valence electrons. The predicted molar refractivity (Wildman–Crippen MR) is 69.9 cm³/mol. The molecule has 0 aliphatic heterocycles. The summed E-state index contributed by atoms with van der Waals surface area (Å²) in [5.74, 6) is -0.752. The van der Waals surface area contributed by atoms with Gasteiger partial charge in [-0.05, 0) is 6.07 Å². The SMILES string of the molecule is COc1ccc(CC(=O)NC(CO)C(=O)O)c(OC)c1. The molecule has 0 fully saturated rings. The van der Waals surface area contributed by atoms with E-state index in [1.54, 1.807) is 18.2 Å². The van der Waals surface area contributed by atoms with E-state index in [-0.39, 0.29) is 6.42 Å². The quantitative estimate of drug-likeness (QED) is 0.640. The summed E-state index contributed by atoms with van der Waals surface area (Å²) in [5.41, 5.74) is 0.591. The van der Waals surface area contributed by atoms with Crippen molar-refractivity contribution in [3.05, 3.63) is 23.8 Å². The second kappa shape index (κ2) is 7.34.